The predicted octanol–water partition coefficient (Wildman–Crippen LogP) is 3.63. The molecular weight excluding hydrogens is 316 g/mol. The fraction of sp³-hybridized carbons (Fsp3) is 0.300. The lowest BCUT2D eigenvalue weighted by atomic mass is 9.95. The van der Waals surface area contributed by atoms with E-state index < -0.39 is 5.97 Å². The third-order valence-corrected chi connectivity index (χ3v) is 4.67. The summed E-state index contributed by atoms with van der Waals surface area (Å²) >= 11 is 0. The van der Waals surface area contributed by atoms with Crippen molar-refractivity contribution in [3.8, 4) is 0 Å². The van der Waals surface area contributed by atoms with Crippen molar-refractivity contribution >= 4 is 17.7 Å². The summed E-state index contributed by atoms with van der Waals surface area (Å²) in [7, 11) is 1.34. The number of amides is 2. The van der Waals surface area contributed by atoms with Crippen LogP contribution in [0.3, 0.4) is 0 Å². The number of carbonyl (C=O) groups excluding carboxylic acids is 2. The Kier molecular flexibility index (Phi) is 4.74. The van der Waals surface area contributed by atoms with Crippen molar-refractivity contribution in [1.82, 2.24) is 5.32 Å². The third kappa shape index (κ3) is 3.99. The third-order valence-electron chi connectivity index (χ3n) is 4.67. The number of nitrogens with one attached hydrogen (secondary N) is 2. The Hall–Kier alpha value is -2.82. The number of ether oxygens (including phenoxy) is 1. The summed E-state index contributed by atoms with van der Waals surface area (Å²) in [4.78, 5) is 23.5. The molecule has 0 radical (unpaired) electrons. The number of rotatable bonds is 5. The van der Waals surface area contributed by atoms with Gasteiger partial charge in [0, 0.05) is 17.6 Å². The van der Waals surface area contributed by atoms with Gasteiger partial charge in [-0.25, -0.2) is 9.59 Å². The predicted molar refractivity (Wildman–Crippen MR) is 96.9 cm³/mol. The number of aryl methyl sites for hydroxylation is 1. The largest absolute Gasteiger partial charge is 0.465 e. The first-order chi connectivity index (χ1) is 12.0. The molecule has 2 aromatic carbocycles. The summed E-state index contributed by atoms with van der Waals surface area (Å²) in [5.74, 6) is -0.398. The summed E-state index contributed by atoms with van der Waals surface area (Å²) in [5, 5.41) is 5.74. The van der Waals surface area contributed by atoms with Gasteiger partial charge in [-0.05, 0) is 49.6 Å². The van der Waals surface area contributed by atoms with E-state index in [0.29, 0.717) is 17.8 Å². The molecule has 0 heterocycles. The Morgan fingerprint density at radius 3 is 2.24 bits per heavy atom. The van der Waals surface area contributed by atoms with Crippen LogP contribution < -0.4 is 10.6 Å². The average Bonchev–Trinajstić information content (AvgIpc) is 3.42. The normalized spacial score (nSPS) is 14.5. The van der Waals surface area contributed by atoms with Gasteiger partial charge in [0.1, 0.15) is 0 Å². The summed E-state index contributed by atoms with van der Waals surface area (Å²) in [6.07, 6.45) is 2.17. The van der Waals surface area contributed by atoms with Crippen molar-refractivity contribution < 1.29 is 14.3 Å². The molecule has 5 heteroatoms. The Balaban J connectivity index is 1.54. The van der Waals surface area contributed by atoms with Crippen LogP contribution in [-0.4, -0.2) is 25.7 Å². The molecule has 2 amide bonds. The minimum Gasteiger partial charge on any atom is -0.465 e. The van der Waals surface area contributed by atoms with E-state index in [1.54, 1.807) is 24.3 Å². The maximum Gasteiger partial charge on any atom is 0.337 e. The minimum absolute atomic E-state index is 0.0692. The smallest absolute Gasteiger partial charge is 0.337 e. The molecule has 0 unspecified atom stereocenters. The molecule has 5 nitrogen and oxygen atoms in total. The highest BCUT2D eigenvalue weighted by molar-refractivity contribution is 5.92. The topological polar surface area (TPSA) is 67.4 Å². The molecule has 0 saturated heterocycles. The van der Waals surface area contributed by atoms with E-state index in [-0.39, 0.29) is 11.4 Å². The van der Waals surface area contributed by atoms with Crippen molar-refractivity contribution in [2.45, 2.75) is 25.2 Å². The Morgan fingerprint density at radius 1 is 1.04 bits per heavy atom. The highest BCUT2D eigenvalue weighted by atomic mass is 16.5. The summed E-state index contributed by atoms with van der Waals surface area (Å²) < 4.78 is 4.65. The highest BCUT2D eigenvalue weighted by Crippen LogP contribution is 2.47. The lowest BCUT2D eigenvalue weighted by molar-refractivity contribution is 0.0601. The molecular formula is C20H22N2O3. The van der Waals surface area contributed by atoms with Gasteiger partial charge in [0.25, 0.3) is 0 Å². The molecule has 2 aromatic rings. The monoisotopic (exact) mass is 338 g/mol. The van der Waals surface area contributed by atoms with Gasteiger partial charge in [0.2, 0.25) is 0 Å². The van der Waals surface area contributed by atoms with Crippen molar-refractivity contribution in [3.05, 3.63) is 65.2 Å². The van der Waals surface area contributed by atoms with Crippen molar-refractivity contribution in [3.63, 3.8) is 0 Å². The van der Waals surface area contributed by atoms with Gasteiger partial charge in [0.15, 0.2) is 0 Å². The van der Waals surface area contributed by atoms with E-state index in [4.69, 9.17) is 0 Å². The van der Waals surface area contributed by atoms with Gasteiger partial charge < -0.3 is 15.4 Å². The molecule has 3 rings (SSSR count). The van der Waals surface area contributed by atoms with Crippen LogP contribution >= 0.6 is 0 Å². The quantitative estimate of drug-likeness (QED) is 0.818. The first kappa shape index (κ1) is 17.0. The summed E-state index contributed by atoms with van der Waals surface area (Å²) in [6, 6.07) is 14.9. The van der Waals surface area contributed by atoms with Crippen LogP contribution in [0.5, 0.6) is 0 Å². The Labute approximate surface area is 147 Å². The van der Waals surface area contributed by atoms with Crippen LogP contribution in [0.1, 0.15) is 34.3 Å². The first-order valence-corrected chi connectivity index (χ1v) is 8.33. The number of benzene rings is 2. The molecule has 1 aliphatic carbocycles. The van der Waals surface area contributed by atoms with Gasteiger partial charge in [-0.2, -0.15) is 0 Å². The minimum atomic E-state index is -0.398. The fourth-order valence-electron chi connectivity index (χ4n) is 2.86. The van der Waals surface area contributed by atoms with Crippen LogP contribution in [0.2, 0.25) is 0 Å². The summed E-state index contributed by atoms with van der Waals surface area (Å²) in [6.45, 7) is 2.68. The van der Waals surface area contributed by atoms with E-state index in [2.05, 4.69) is 46.6 Å². The molecule has 1 saturated carbocycles. The maximum absolute atomic E-state index is 12.1. The van der Waals surface area contributed by atoms with Crippen molar-refractivity contribution in [2.75, 3.05) is 19.0 Å². The molecule has 0 bridgehead atoms. The zero-order valence-electron chi connectivity index (χ0n) is 14.5. The van der Waals surface area contributed by atoms with Gasteiger partial charge in [-0.15, -0.1) is 0 Å². The zero-order valence-corrected chi connectivity index (χ0v) is 14.5. The molecule has 0 aliphatic heterocycles. The molecule has 0 atom stereocenters. The molecule has 1 fully saturated rings. The van der Waals surface area contributed by atoms with E-state index in [9.17, 15) is 9.59 Å². The second-order valence-corrected chi connectivity index (χ2v) is 6.52. The fourth-order valence-corrected chi connectivity index (χ4v) is 2.86. The van der Waals surface area contributed by atoms with Crippen LogP contribution in [-0.2, 0) is 10.2 Å². The van der Waals surface area contributed by atoms with E-state index >= 15 is 0 Å². The summed E-state index contributed by atoms with van der Waals surface area (Å²) in [5.41, 5.74) is 3.66. The van der Waals surface area contributed by atoms with Gasteiger partial charge >= 0.3 is 12.0 Å². The van der Waals surface area contributed by atoms with Gasteiger partial charge in [0.05, 0.1) is 12.7 Å². The second kappa shape index (κ2) is 6.97. The molecule has 0 spiro atoms. The zero-order chi connectivity index (χ0) is 17.9. The van der Waals surface area contributed by atoms with E-state index in [1.165, 1.54) is 18.2 Å². The number of hydrogen-bond donors (Lipinski definition) is 2. The number of anilines is 1. The molecule has 0 aromatic heterocycles. The first-order valence-electron chi connectivity index (χ1n) is 8.33. The van der Waals surface area contributed by atoms with Crippen molar-refractivity contribution in [2.24, 2.45) is 0 Å². The standard InChI is InChI=1S/C20H22N2O3/c1-14-3-7-16(8-4-14)20(11-12-20)13-21-19(24)22-17-9-5-15(6-10-17)18(23)25-2/h3-10H,11-13H2,1-2H3,(H2,21,22,24). The molecule has 1 aliphatic rings. The lowest BCUT2D eigenvalue weighted by Gasteiger charge is -2.17. The van der Waals surface area contributed by atoms with Crippen LogP contribution in [0.4, 0.5) is 10.5 Å². The average molecular weight is 338 g/mol. The van der Waals surface area contributed by atoms with Gasteiger partial charge in [-0.3, -0.25) is 0 Å². The van der Waals surface area contributed by atoms with Crippen molar-refractivity contribution in [1.29, 1.82) is 0 Å². The number of hydrogen-bond acceptors (Lipinski definition) is 3. The van der Waals surface area contributed by atoms with E-state index in [0.717, 1.165) is 12.8 Å². The second-order valence-electron chi connectivity index (χ2n) is 6.52. The highest BCUT2D eigenvalue weighted by Gasteiger charge is 2.44. The number of carbonyl (C=O) groups is 2. The molecule has 25 heavy (non-hydrogen) atoms. The van der Waals surface area contributed by atoms with Crippen LogP contribution in [0, 0.1) is 6.92 Å². The number of urea groups is 1. The maximum atomic E-state index is 12.1. The molecule has 2 N–H and O–H groups in total. The van der Waals surface area contributed by atoms with Crippen LogP contribution in [0.15, 0.2) is 48.5 Å². The Morgan fingerprint density at radius 2 is 1.68 bits per heavy atom. The SMILES string of the molecule is COC(=O)c1ccc(NC(=O)NCC2(c3ccc(C)cc3)CC2)cc1. The van der Waals surface area contributed by atoms with E-state index in [1.807, 2.05) is 0 Å². The lowest BCUT2D eigenvalue weighted by Crippen LogP contribution is -2.35. The molecule has 130 valence electrons. The number of methoxy groups -OCH3 is 1. The van der Waals surface area contributed by atoms with Gasteiger partial charge in [-0.1, -0.05) is 29.8 Å². The number of esters is 1. The Bertz CT molecular complexity index is 763. The van der Waals surface area contributed by atoms with Crippen LogP contribution in [0.25, 0.3) is 0 Å².